The van der Waals surface area contributed by atoms with Gasteiger partial charge >= 0.3 is 0 Å². The molecule has 0 atom stereocenters. The fourth-order valence-corrected chi connectivity index (χ4v) is 3.43. The quantitative estimate of drug-likeness (QED) is 0.452. The second-order valence-electron chi connectivity index (χ2n) is 6.48. The number of anilines is 3. The van der Waals surface area contributed by atoms with Crippen molar-refractivity contribution in [3.8, 4) is 11.5 Å². The molecule has 0 aliphatic heterocycles. The number of amides is 1. The number of carbonyl (C=O) groups excluding carboxylic acids is 1. The van der Waals surface area contributed by atoms with Gasteiger partial charge < -0.3 is 20.8 Å². The third kappa shape index (κ3) is 3.65. The molecule has 1 aromatic carbocycles. The number of hydrogen-bond donors (Lipinski definition) is 3. The lowest BCUT2D eigenvalue weighted by Gasteiger charge is -2.15. The predicted molar refractivity (Wildman–Crippen MR) is 110 cm³/mol. The molecule has 1 amide bonds. The fourth-order valence-electron chi connectivity index (χ4n) is 2.72. The van der Waals surface area contributed by atoms with Gasteiger partial charge in [-0.2, -0.15) is 0 Å². The molecule has 0 radical (unpaired) electrons. The van der Waals surface area contributed by atoms with Crippen molar-refractivity contribution in [1.82, 2.24) is 15.0 Å². The van der Waals surface area contributed by atoms with Crippen LogP contribution in [0.1, 0.15) is 24.3 Å². The van der Waals surface area contributed by atoms with Gasteiger partial charge in [-0.15, -0.1) is 11.3 Å². The van der Waals surface area contributed by atoms with E-state index in [0.717, 1.165) is 21.6 Å². The van der Waals surface area contributed by atoms with Crippen LogP contribution in [0.25, 0.3) is 21.7 Å². The molecule has 0 fully saturated rings. The smallest absolute Gasteiger partial charge is 0.270 e. The van der Waals surface area contributed by atoms with Crippen molar-refractivity contribution in [2.24, 2.45) is 5.73 Å². The van der Waals surface area contributed by atoms with Crippen LogP contribution < -0.4 is 16.4 Å². The molecule has 0 bridgehead atoms. The minimum Gasteiger partial charge on any atom is -0.443 e. The van der Waals surface area contributed by atoms with Gasteiger partial charge in [0, 0.05) is 24.0 Å². The standard InChI is InChI=1S/C19H18N6O2S/c1-10(2)23-14-6-17(24-11-3-4-13-16(5-11)28-9-22-13)21-7-12(14)19-25-15(8-27-19)18(20)26/h3-10H,1-2H3,(H2,20,26)(H2,21,23,24). The molecule has 142 valence electrons. The molecule has 3 heterocycles. The summed E-state index contributed by atoms with van der Waals surface area (Å²) in [5.74, 6) is 0.303. The number of nitrogens with two attached hydrogens (primary N) is 1. The SMILES string of the molecule is CC(C)Nc1cc(Nc2ccc3ncsc3c2)ncc1-c1nc(C(N)=O)co1. The van der Waals surface area contributed by atoms with Crippen LogP contribution in [0.5, 0.6) is 0 Å². The lowest BCUT2D eigenvalue weighted by molar-refractivity contribution is 0.0995. The highest BCUT2D eigenvalue weighted by Gasteiger charge is 2.16. The summed E-state index contributed by atoms with van der Waals surface area (Å²) in [6.07, 6.45) is 2.89. The van der Waals surface area contributed by atoms with E-state index in [1.807, 2.05) is 43.6 Å². The van der Waals surface area contributed by atoms with Gasteiger partial charge in [0.1, 0.15) is 12.1 Å². The average Bonchev–Trinajstić information content (AvgIpc) is 3.30. The molecule has 28 heavy (non-hydrogen) atoms. The Morgan fingerprint density at radius 2 is 2.11 bits per heavy atom. The molecule has 0 aliphatic rings. The van der Waals surface area contributed by atoms with Gasteiger partial charge in [0.05, 0.1) is 27.0 Å². The summed E-state index contributed by atoms with van der Waals surface area (Å²) in [4.78, 5) is 24.2. The number of nitrogens with zero attached hydrogens (tertiary/aromatic N) is 3. The van der Waals surface area contributed by atoms with Gasteiger partial charge in [0.25, 0.3) is 5.91 Å². The molecular weight excluding hydrogens is 376 g/mol. The van der Waals surface area contributed by atoms with Crippen LogP contribution in [0, 0.1) is 0 Å². The van der Waals surface area contributed by atoms with Gasteiger partial charge in [0.2, 0.25) is 5.89 Å². The highest BCUT2D eigenvalue weighted by Crippen LogP contribution is 2.31. The van der Waals surface area contributed by atoms with Crippen LogP contribution >= 0.6 is 11.3 Å². The highest BCUT2D eigenvalue weighted by molar-refractivity contribution is 7.16. The first-order valence-corrected chi connectivity index (χ1v) is 9.50. The zero-order valence-corrected chi connectivity index (χ0v) is 16.1. The topological polar surface area (TPSA) is 119 Å². The normalized spacial score (nSPS) is 11.1. The van der Waals surface area contributed by atoms with Crippen molar-refractivity contribution in [3.05, 3.63) is 47.9 Å². The number of aromatic nitrogens is 3. The van der Waals surface area contributed by atoms with Gasteiger partial charge in [-0.25, -0.2) is 15.0 Å². The van der Waals surface area contributed by atoms with Crippen molar-refractivity contribution in [2.45, 2.75) is 19.9 Å². The van der Waals surface area contributed by atoms with Crippen molar-refractivity contribution in [2.75, 3.05) is 10.6 Å². The van der Waals surface area contributed by atoms with Gasteiger partial charge in [-0.05, 0) is 32.0 Å². The largest absolute Gasteiger partial charge is 0.443 e. The predicted octanol–water partition coefficient (Wildman–Crippen LogP) is 4.01. The van der Waals surface area contributed by atoms with Crippen molar-refractivity contribution >= 4 is 44.7 Å². The van der Waals surface area contributed by atoms with E-state index in [9.17, 15) is 4.79 Å². The zero-order chi connectivity index (χ0) is 19.7. The molecule has 4 rings (SSSR count). The number of benzene rings is 1. The first kappa shape index (κ1) is 17.9. The third-order valence-electron chi connectivity index (χ3n) is 3.94. The van der Waals surface area contributed by atoms with Crippen LogP contribution in [0.3, 0.4) is 0 Å². The first-order chi connectivity index (χ1) is 13.5. The number of hydrogen-bond acceptors (Lipinski definition) is 8. The van der Waals surface area contributed by atoms with E-state index in [-0.39, 0.29) is 17.6 Å². The lowest BCUT2D eigenvalue weighted by Crippen LogP contribution is -2.12. The number of nitrogens with one attached hydrogen (secondary N) is 2. The fraction of sp³-hybridized carbons (Fsp3) is 0.158. The van der Waals surface area contributed by atoms with E-state index in [0.29, 0.717) is 11.4 Å². The van der Waals surface area contributed by atoms with Gasteiger partial charge in [-0.1, -0.05) is 0 Å². The number of rotatable bonds is 6. The molecule has 4 aromatic rings. The summed E-state index contributed by atoms with van der Waals surface area (Å²) in [5, 5.41) is 6.66. The maximum Gasteiger partial charge on any atom is 0.270 e. The molecule has 0 saturated heterocycles. The van der Waals surface area contributed by atoms with Crippen LogP contribution in [0.4, 0.5) is 17.2 Å². The van der Waals surface area contributed by atoms with Crippen LogP contribution in [-0.2, 0) is 0 Å². The van der Waals surface area contributed by atoms with E-state index < -0.39 is 5.91 Å². The summed E-state index contributed by atoms with van der Waals surface area (Å²) in [5.41, 5.74) is 10.5. The second-order valence-corrected chi connectivity index (χ2v) is 7.36. The Morgan fingerprint density at radius 3 is 2.86 bits per heavy atom. The summed E-state index contributed by atoms with van der Waals surface area (Å²) >= 11 is 1.59. The Bertz CT molecular complexity index is 1150. The second kappa shape index (κ2) is 7.28. The Kier molecular flexibility index (Phi) is 4.66. The third-order valence-corrected chi connectivity index (χ3v) is 4.73. The molecule has 0 aliphatic carbocycles. The van der Waals surface area contributed by atoms with Crippen LogP contribution in [0.15, 0.2) is 46.7 Å². The van der Waals surface area contributed by atoms with Crippen molar-refractivity contribution in [3.63, 3.8) is 0 Å². The summed E-state index contributed by atoms with van der Waals surface area (Å²) < 4.78 is 6.51. The number of primary amides is 1. The average molecular weight is 394 g/mol. The summed E-state index contributed by atoms with van der Waals surface area (Å²) in [6.45, 7) is 4.05. The van der Waals surface area contributed by atoms with Gasteiger partial charge in [0.15, 0.2) is 5.69 Å². The summed E-state index contributed by atoms with van der Waals surface area (Å²) in [7, 11) is 0. The Morgan fingerprint density at radius 1 is 1.25 bits per heavy atom. The van der Waals surface area contributed by atoms with E-state index in [1.165, 1.54) is 6.26 Å². The first-order valence-electron chi connectivity index (χ1n) is 8.62. The number of thiazole rings is 1. The minimum absolute atomic E-state index is 0.0746. The minimum atomic E-state index is -0.641. The molecule has 8 nitrogen and oxygen atoms in total. The maximum atomic E-state index is 11.3. The van der Waals surface area contributed by atoms with Crippen LogP contribution in [-0.4, -0.2) is 26.9 Å². The summed E-state index contributed by atoms with van der Waals surface area (Å²) in [6, 6.07) is 8.01. The molecule has 9 heteroatoms. The molecule has 4 N–H and O–H groups in total. The number of oxazole rings is 1. The maximum absolute atomic E-state index is 11.3. The van der Waals surface area contributed by atoms with E-state index >= 15 is 0 Å². The Labute approximate surface area is 164 Å². The lowest BCUT2D eigenvalue weighted by atomic mass is 10.2. The van der Waals surface area contributed by atoms with Gasteiger partial charge in [-0.3, -0.25) is 4.79 Å². The molecular formula is C19H18N6O2S. The van der Waals surface area contributed by atoms with E-state index in [2.05, 4.69) is 25.6 Å². The molecule has 0 unspecified atom stereocenters. The number of fused-ring (bicyclic) bond motifs is 1. The monoisotopic (exact) mass is 394 g/mol. The van der Waals surface area contributed by atoms with E-state index in [1.54, 1.807) is 17.5 Å². The Balaban J connectivity index is 1.67. The molecule has 0 spiro atoms. The number of pyridine rings is 1. The van der Waals surface area contributed by atoms with Crippen molar-refractivity contribution in [1.29, 1.82) is 0 Å². The number of carbonyl (C=O) groups is 1. The molecule has 0 saturated carbocycles. The van der Waals surface area contributed by atoms with E-state index in [4.69, 9.17) is 10.2 Å². The molecule has 3 aromatic heterocycles. The van der Waals surface area contributed by atoms with Crippen LogP contribution in [0.2, 0.25) is 0 Å². The highest BCUT2D eigenvalue weighted by atomic mass is 32.1. The zero-order valence-electron chi connectivity index (χ0n) is 15.3. The van der Waals surface area contributed by atoms with Crippen molar-refractivity contribution < 1.29 is 9.21 Å². The Hall–Kier alpha value is -3.46.